The van der Waals surface area contributed by atoms with Gasteiger partial charge < -0.3 is 19.7 Å². The van der Waals surface area contributed by atoms with E-state index in [9.17, 15) is 14.4 Å². The molecule has 1 aliphatic carbocycles. The Morgan fingerprint density at radius 3 is 2.54 bits per heavy atom. The molecule has 210 valence electrons. The van der Waals surface area contributed by atoms with Crippen LogP contribution in [0, 0.1) is 24.2 Å². The Kier molecular flexibility index (Phi) is 8.67. The number of aldehydes is 1. The molecule has 0 spiro atoms. The van der Waals surface area contributed by atoms with Crippen molar-refractivity contribution in [1.82, 2.24) is 15.1 Å². The summed E-state index contributed by atoms with van der Waals surface area (Å²) in [5, 5.41) is 3.12. The number of benzene rings is 1. The van der Waals surface area contributed by atoms with E-state index in [0.29, 0.717) is 12.1 Å². The van der Waals surface area contributed by atoms with Crippen LogP contribution >= 0.6 is 0 Å². The highest BCUT2D eigenvalue weighted by atomic mass is 16.5. The Bertz CT molecular complexity index is 1070. The lowest BCUT2D eigenvalue weighted by molar-refractivity contribution is -0.132. The zero-order valence-electron chi connectivity index (χ0n) is 22.8. The molecule has 4 atom stereocenters. The van der Waals surface area contributed by atoms with Gasteiger partial charge in [-0.05, 0) is 37.1 Å². The van der Waals surface area contributed by atoms with E-state index >= 15 is 0 Å². The molecule has 1 aromatic carbocycles. The summed E-state index contributed by atoms with van der Waals surface area (Å²) in [6.07, 6.45) is 10.9. The number of piperazine rings is 1. The summed E-state index contributed by atoms with van der Waals surface area (Å²) in [6, 6.07) is 6.96. The Morgan fingerprint density at radius 2 is 1.90 bits per heavy atom. The number of likely N-dealkylation sites (tertiary alicyclic amines) is 1. The second-order valence-corrected chi connectivity index (χ2v) is 11.2. The summed E-state index contributed by atoms with van der Waals surface area (Å²) in [4.78, 5) is 46.2. The van der Waals surface area contributed by atoms with Crippen molar-refractivity contribution in [2.75, 3.05) is 64.5 Å². The first kappa shape index (κ1) is 27.8. The summed E-state index contributed by atoms with van der Waals surface area (Å²) in [5.74, 6) is 1.94. The Morgan fingerprint density at radius 1 is 1.18 bits per heavy atom. The Balaban J connectivity index is 1.34. The predicted molar refractivity (Wildman–Crippen MR) is 147 cm³/mol. The van der Waals surface area contributed by atoms with Crippen LogP contribution in [0.5, 0.6) is 0 Å². The van der Waals surface area contributed by atoms with Gasteiger partial charge in [0.25, 0.3) is 5.91 Å². The van der Waals surface area contributed by atoms with Crippen LogP contribution in [-0.2, 0) is 19.1 Å². The zero-order valence-corrected chi connectivity index (χ0v) is 22.8. The molecule has 3 saturated heterocycles. The normalized spacial score (nSPS) is 28.1. The summed E-state index contributed by atoms with van der Waals surface area (Å²) in [7, 11) is 1.72. The Hall–Kier alpha value is -2.77. The molecule has 9 nitrogen and oxygen atoms in total. The number of ketones is 1. The average molecular weight is 537 g/mol. The highest BCUT2D eigenvalue weighted by molar-refractivity contribution is 5.97. The number of terminal acetylenes is 1. The highest BCUT2D eigenvalue weighted by Gasteiger charge is 2.59. The van der Waals surface area contributed by atoms with Crippen LogP contribution in [0.1, 0.15) is 42.5 Å². The van der Waals surface area contributed by atoms with Crippen LogP contribution in [0.4, 0.5) is 5.69 Å². The van der Waals surface area contributed by atoms with Gasteiger partial charge in [-0.3, -0.25) is 24.2 Å². The number of nitrogens with one attached hydrogen (secondary N) is 1. The van der Waals surface area contributed by atoms with E-state index in [1.54, 1.807) is 7.11 Å². The number of carbonyl (C=O) groups excluding carboxylic acids is 3. The quantitative estimate of drug-likeness (QED) is 0.376. The SMILES string of the molecule is C#CC1CN(C(C=O)(NC(=O)c2ccc(N3CCN(CCOC)CC3)cc2)C2CCCCC2)C2C(=O)COC12. The summed E-state index contributed by atoms with van der Waals surface area (Å²) in [6.45, 7) is 5.74. The zero-order chi connectivity index (χ0) is 27.4. The molecule has 1 amide bonds. The van der Waals surface area contributed by atoms with Crippen molar-refractivity contribution in [1.29, 1.82) is 0 Å². The molecule has 0 radical (unpaired) electrons. The minimum absolute atomic E-state index is 0.0142. The average Bonchev–Trinajstić information content (AvgIpc) is 3.56. The maximum Gasteiger partial charge on any atom is 0.253 e. The van der Waals surface area contributed by atoms with Gasteiger partial charge in [0, 0.05) is 63.5 Å². The second-order valence-electron chi connectivity index (χ2n) is 11.2. The van der Waals surface area contributed by atoms with E-state index in [4.69, 9.17) is 15.9 Å². The van der Waals surface area contributed by atoms with Crippen molar-refractivity contribution in [2.24, 2.45) is 11.8 Å². The van der Waals surface area contributed by atoms with Crippen molar-refractivity contribution in [3.05, 3.63) is 29.8 Å². The minimum Gasteiger partial charge on any atom is -0.383 e. The maximum atomic E-state index is 13.7. The number of Topliss-reactive ketones (excluding diaryl/α,β-unsaturated/α-hetero) is 1. The maximum absolute atomic E-state index is 13.7. The van der Waals surface area contributed by atoms with E-state index in [1.807, 2.05) is 29.2 Å². The lowest BCUT2D eigenvalue weighted by atomic mass is 9.78. The molecule has 39 heavy (non-hydrogen) atoms. The van der Waals surface area contributed by atoms with Crippen LogP contribution in [0.3, 0.4) is 0 Å². The van der Waals surface area contributed by atoms with E-state index in [2.05, 4.69) is 21.0 Å². The number of fused-ring (bicyclic) bond motifs is 1. The van der Waals surface area contributed by atoms with Crippen LogP contribution in [0.2, 0.25) is 0 Å². The first-order valence-electron chi connectivity index (χ1n) is 14.2. The molecule has 5 rings (SSSR count). The first-order valence-corrected chi connectivity index (χ1v) is 14.2. The summed E-state index contributed by atoms with van der Waals surface area (Å²) >= 11 is 0. The van der Waals surface area contributed by atoms with Gasteiger partial charge in [0.15, 0.2) is 17.7 Å². The molecule has 3 heterocycles. The molecule has 4 fully saturated rings. The largest absolute Gasteiger partial charge is 0.383 e. The van der Waals surface area contributed by atoms with Crippen LogP contribution in [0.15, 0.2) is 24.3 Å². The third-order valence-electron chi connectivity index (χ3n) is 9.07. The van der Waals surface area contributed by atoms with Crippen molar-refractivity contribution in [3.8, 4) is 12.3 Å². The minimum atomic E-state index is -1.31. The fraction of sp³-hybridized carbons (Fsp3) is 0.633. The van der Waals surface area contributed by atoms with E-state index in [-0.39, 0.29) is 30.1 Å². The molecule has 9 heteroatoms. The molecule has 3 aliphatic heterocycles. The molecule has 0 aromatic heterocycles. The van der Waals surface area contributed by atoms with E-state index in [0.717, 1.165) is 83.4 Å². The number of methoxy groups -OCH3 is 1. The summed E-state index contributed by atoms with van der Waals surface area (Å²) in [5.41, 5.74) is 0.240. The van der Waals surface area contributed by atoms with Gasteiger partial charge in [-0.15, -0.1) is 6.42 Å². The van der Waals surface area contributed by atoms with Gasteiger partial charge in [0.1, 0.15) is 12.6 Å². The smallest absolute Gasteiger partial charge is 0.253 e. The molecule has 0 bridgehead atoms. The van der Waals surface area contributed by atoms with Crippen molar-refractivity contribution in [2.45, 2.75) is 49.9 Å². The van der Waals surface area contributed by atoms with Gasteiger partial charge >= 0.3 is 0 Å². The lowest BCUT2D eigenvalue weighted by Gasteiger charge is -2.46. The molecular weight excluding hydrogens is 496 g/mol. The van der Waals surface area contributed by atoms with Gasteiger partial charge in [-0.2, -0.15) is 0 Å². The summed E-state index contributed by atoms with van der Waals surface area (Å²) < 4.78 is 11.0. The van der Waals surface area contributed by atoms with Crippen LogP contribution in [0.25, 0.3) is 0 Å². The van der Waals surface area contributed by atoms with Crippen molar-refractivity contribution >= 4 is 23.7 Å². The number of amides is 1. The van der Waals surface area contributed by atoms with Gasteiger partial charge in [-0.1, -0.05) is 25.2 Å². The second kappa shape index (κ2) is 12.2. The van der Waals surface area contributed by atoms with Gasteiger partial charge in [-0.25, -0.2) is 0 Å². The third-order valence-corrected chi connectivity index (χ3v) is 9.07. The molecule has 4 aliphatic rings. The number of hydrogen-bond donors (Lipinski definition) is 1. The molecular formula is C30H40N4O5. The number of ether oxygens (including phenoxy) is 2. The highest BCUT2D eigenvalue weighted by Crippen LogP contribution is 2.42. The van der Waals surface area contributed by atoms with Crippen LogP contribution in [-0.4, -0.2) is 105 Å². The molecule has 1 saturated carbocycles. The molecule has 1 aromatic rings. The third kappa shape index (κ3) is 5.48. The fourth-order valence-electron chi connectivity index (χ4n) is 6.86. The Labute approximate surface area is 231 Å². The number of carbonyl (C=O) groups is 3. The van der Waals surface area contributed by atoms with Crippen molar-refractivity contribution < 1.29 is 23.9 Å². The van der Waals surface area contributed by atoms with Crippen LogP contribution < -0.4 is 10.2 Å². The number of anilines is 1. The number of rotatable bonds is 9. The number of nitrogens with zero attached hydrogens (tertiary/aromatic N) is 3. The lowest BCUT2D eigenvalue weighted by Crippen LogP contribution is -2.68. The topological polar surface area (TPSA) is 91.4 Å². The number of hydrogen-bond acceptors (Lipinski definition) is 8. The first-order chi connectivity index (χ1) is 19.0. The van der Waals surface area contributed by atoms with E-state index in [1.165, 1.54) is 0 Å². The van der Waals surface area contributed by atoms with E-state index < -0.39 is 17.8 Å². The van der Waals surface area contributed by atoms with Gasteiger partial charge in [0.2, 0.25) is 0 Å². The monoisotopic (exact) mass is 536 g/mol. The predicted octanol–water partition coefficient (Wildman–Crippen LogP) is 1.56. The molecule has 4 unspecified atom stereocenters. The van der Waals surface area contributed by atoms with Crippen molar-refractivity contribution in [3.63, 3.8) is 0 Å². The fourth-order valence-corrected chi connectivity index (χ4v) is 6.86. The molecule has 1 N–H and O–H groups in total. The van der Waals surface area contributed by atoms with Gasteiger partial charge in [0.05, 0.1) is 18.6 Å². The standard InChI is InChI=1S/C30H40N4O5/c1-3-22-19-34(27-26(36)20-39-28(22)27)30(21-35,24-7-5-4-6-8-24)31-29(37)23-9-11-25(12-10-23)33-15-13-32(14-16-33)17-18-38-2/h1,9-12,21-22,24,27-28H,4-8,13-20H2,2H3,(H,31,37).